The van der Waals surface area contributed by atoms with Crippen LogP contribution in [0.2, 0.25) is 0 Å². The van der Waals surface area contributed by atoms with Crippen molar-refractivity contribution < 1.29 is 35.9 Å². The van der Waals surface area contributed by atoms with Crippen molar-refractivity contribution in [3.8, 4) is 0 Å². The summed E-state index contributed by atoms with van der Waals surface area (Å²) in [5.74, 6) is -4.75. The molecule has 0 aliphatic rings. The number of benzene rings is 2. The maximum absolute atomic E-state index is 13.5. The van der Waals surface area contributed by atoms with Crippen molar-refractivity contribution in [2.24, 2.45) is 0 Å². The van der Waals surface area contributed by atoms with E-state index >= 15 is 0 Å². The molecule has 0 saturated heterocycles. The molecule has 0 heterocycles. The average Bonchev–Trinajstić information content (AvgIpc) is 2.63. The molecule has 28 heavy (non-hydrogen) atoms. The Morgan fingerprint density at radius 2 is 1.64 bits per heavy atom. The highest BCUT2D eigenvalue weighted by atomic mass is 32.2. The van der Waals surface area contributed by atoms with Crippen LogP contribution in [-0.2, 0) is 24.2 Å². The first kappa shape index (κ1) is 21.4. The van der Waals surface area contributed by atoms with Crippen LogP contribution in [0.1, 0.15) is 13.3 Å². The van der Waals surface area contributed by atoms with Crippen LogP contribution in [0.4, 0.5) is 18.9 Å². The largest absolute Gasteiger partial charge is 0.453 e. The molecule has 0 bridgehead atoms. The first-order valence-electron chi connectivity index (χ1n) is 8.02. The van der Waals surface area contributed by atoms with E-state index < -0.39 is 63.1 Å². The number of nitrogens with one attached hydrogen (secondary N) is 1. The zero-order valence-corrected chi connectivity index (χ0v) is 15.4. The average molecular weight is 415 g/mol. The van der Waals surface area contributed by atoms with Crippen LogP contribution in [0.15, 0.2) is 47.4 Å². The van der Waals surface area contributed by atoms with Crippen molar-refractivity contribution in [2.75, 3.05) is 11.1 Å². The van der Waals surface area contributed by atoms with Gasteiger partial charge in [-0.15, -0.1) is 0 Å². The van der Waals surface area contributed by atoms with E-state index in [0.29, 0.717) is 0 Å². The summed E-state index contributed by atoms with van der Waals surface area (Å²) < 4.78 is 68.5. The SMILES string of the molecule is C[C@H](OC(=O)CCS(=O)(=O)c1ccc(F)cc1)C(=O)Nc1cc(F)ccc1F. The topological polar surface area (TPSA) is 89.5 Å². The number of anilines is 1. The molecule has 2 aromatic rings. The highest BCUT2D eigenvalue weighted by Gasteiger charge is 2.22. The third-order valence-electron chi connectivity index (χ3n) is 3.61. The molecule has 0 fully saturated rings. The Morgan fingerprint density at radius 1 is 1.04 bits per heavy atom. The summed E-state index contributed by atoms with van der Waals surface area (Å²) in [5.41, 5.74) is -0.424. The third kappa shape index (κ3) is 5.81. The van der Waals surface area contributed by atoms with E-state index in [1.165, 1.54) is 6.92 Å². The summed E-state index contributed by atoms with van der Waals surface area (Å²) in [6.07, 6.45) is -1.92. The van der Waals surface area contributed by atoms with E-state index in [9.17, 15) is 31.2 Å². The van der Waals surface area contributed by atoms with E-state index in [4.69, 9.17) is 4.74 Å². The number of esters is 1. The standard InChI is InChI=1S/C18H16F3NO5S/c1-11(18(24)22-16-10-13(20)4-7-15(16)21)27-17(23)8-9-28(25,26)14-5-2-12(19)3-6-14/h2-7,10-11H,8-9H2,1H3,(H,22,24)/t11-/m0/s1. The van der Waals surface area contributed by atoms with Crippen molar-refractivity contribution in [3.05, 3.63) is 59.9 Å². The molecule has 10 heteroatoms. The summed E-state index contributed by atoms with van der Waals surface area (Å²) in [6, 6.07) is 6.54. The lowest BCUT2D eigenvalue weighted by molar-refractivity contribution is -0.152. The van der Waals surface area contributed by atoms with Crippen LogP contribution in [0.5, 0.6) is 0 Å². The first-order chi connectivity index (χ1) is 13.1. The Bertz CT molecular complexity index is 977. The minimum Gasteiger partial charge on any atom is -0.453 e. The van der Waals surface area contributed by atoms with Crippen molar-refractivity contribution in [3.63, 3.8) is 0 Å². The van der Waals surface area contributed by atoms with Gasteiger partial charge in [-0.3, -0.25) is 9.59 Å². The highest BCUT2D eigenvalue weighted by Crippen LogP contribution is 2.16. The van der Waals surface area contributed by atoms with Gasteiger partial charge >= 0.3 is 5.97 Å². The maximum atomic E-state index is 13.5. The van der Waals surface area contributed by atoms with Crippen molar-refractivity contribution in [2.45, 2.75) is 24.3 Å². The molecule has 2 rings (SSSR count). The fourth-order valence-electron chi connectivity index (χ4n) is 2.11. The van der Waals surface area contributed by atoms with Gasteiger partial charge < -0.3 is 10.1 Å². The fraction of sp³-hybridized carbons (Fsp3) is 0.222. The Balaban J connectivity index is 1.90. The molecular formula is C18H16F3NO5S. The normalized spacial score (nSPS) is 12.3. The van der Waals surface area contributed by atoms with Crippen LogP contribution < -0.4 is 5.32 Å². The molecule has 0 spiro atoms. The molecule has 150 valence electrons. The van der Waals surface area contributed by atoms with Crippen LogP contribution >= 0.6 is 0 Å². The summed E-state index contributed by atoms with van der Waals surface area (Å²) in [7, 11) is -3.85. The van der Waals surface area contributed by atoms with Crippen molar-refractivity contribution in [1.29, 1.82) is 0 Å². The van der Waals surface area contributed by atoms with Crippen LogP contribution in [0, 0.1) is 17.5 Å². The predicted octanol–water partition coefficient (Wildman–Crippen LogP) is 2.84. The molecule has 6 nitrogen and oxygen atoms in total. The minimum atomic E-state index is -3.85. The van der Waals surface area contributed by atoms with Gasteiger partial charge in [0.05, 0.1) is 22.8 Å². The number of sulfone groups is 1. The molecule has 0 aliphatic heterocycles. The molecule has 0 radical (unpaired) electrons. The summed E-state index contributed by atoms with van der Waals surface area (Å²) in [4.78, 5) is 23.6. The number of halogens is 3. The van der Waals surface area contributed by atoms with E-state index in [-0.39, 0.29) is 4.90 Å². The van der Waals surface area contributed by atoms with Gasteiger partial charge in [-0.1, -0.05) is 0 Å². The van der Waals surface area contributed by atoms with Gasteiger partial charge in [-0.2, -0.15) is 0 Å². The molecule has 1 atom stereocenters. The molecule has 1 N–H and O–H groups in total. The second-order valence-corrected chi connectivity index (χ2v) is 7.88. The molecule has 1 amide bonds. The fourth-order valence-corrected chi connectivity index (χ4v) is 3.34. The highest BCUT2D eigenvalue weighted by molar-refractivity contribution is 7.91. The van der Waals surface area contributed by atoms with Gasteiger partial charge in [-0.05, 0) is 43.3 Å². The second kappa shape index (κ2) is 8.87. The maximum Gasteiger partial charge on any atom is 0.307 e. The Morgan fingerprint density at radius 3 is 2.29 bits per heavy atom. The van der Waals surface area contributed by atoms with E-state index in [1.807, 2.05) is 0 Å². The first-order valence-corrected chi connectivity index (χ1v) is 9.67. The van der Waals surface area contributed by atoms with Gasteiger partial charge in [0.1, 0.15) is 17.5 Å². The number of ether oxygens (including phenoxy) is 1. The van der Waals surface area contributed by atoms with Gasteiger partial charge in [0, 0.05) is 6.07 Å². The summed E-state index contributed by atoms with van der Waals surface area (Å²) >= 11 is 0. The molecule has 0 aromatic heterocycles. The zero-order valence-electron chi connectivity index (χ0n) is 14.6. The molecule has 2 aromatic carbocycles. The lowest BCUT2D eigenvalue weighted by atomic mass is 10.2. The Kier molecular flexibility index (Phi) is 6.79. The monoisotopic (exact) mass is 415 g/mol. The lowest BCUT2D eigenvalue weighted by Gasteiger charge is -2.14. The smallest absolute Gasteiger partial charge is 0.307 e. The molecule has 0 unspecified atom stereocenters. The number of carbonyl (C=O) groups excluding carboxylic acids is 2. The van der Waals surface area contributed by atoms with Gasteiger partial charge in [0.2, 0.25) is 0 Å². The van der Waals surface area contributed by atoms with E-state index in [0.717, 1.165) is 42.5 Å². The van der Waals surface area contributed by atoms with Crippen molar-refractivity contribution in [1.82, 2.24) is 0 Å². The van der Waals surface area contributed by atoms with Gasteiger partial charge in [-0.25, -0.2) is 21.6 Å². The van der Waals surface area contributed by atoms with Crippen molar-refractivity contribution >= 4 is 27.4 Å². The quantitative estimate of drug-likeness (QED) is 0.555. The number of rotatable bonds is 7. The van der Waals surface area contributed by atoms with E-state index in [2.05, 4.69) is 5.32 Å². The van der Waals surface area contributed by atoms with Gasteiger partial charge in [0.15, 0.2) is 15.9 Å². The third-order valence-corrected chi connectivity index (χ3v) is 5.34. The van der Waals surface area contributed by atoms with E-state index in [1.54, 1.807) is 0 Å². The summed E-state index contributed by atoms with van der Waals surface area (Å²) in [5, 5.41) is 2.07. The molecule has 0 aliphatic carbocycles. The van der Waals surface area contributed by atoms with Crippen LogP contribution in [-0.4, -0.2) is 32.2 Å². The number of carbonyl (C=O) groups is 2. The molecular weight excluding hydrogens is 399 g/mol. The number of amides is 1. The second-order valence-electron chi connectivity index (χ2n) is 5.77. The Hall–Kier alpha value is -2.88. The number of hydrogen-bond acceptors (Lipinski definition) is 5. The molecule has 0 saturated carbocycles. The predicted molar refractivity (Wildman–Crippen MR) is 93.6 cm³/mol. The number of hydrogen-bond donors (Lipinski definition) is 1. The van der Waals surface area contributed by atoms with Crippen LogP contribution in [0.25, 0.3) is 0 Å². The van der Waals surface area contributed by atoms with Gasteiger partial charge in [0.25, 0.3) is 5.91 Å². The Labute approximate surface area is 159 Å². The van der Waals surface area contributed by atoms with Crippen LogP contribution in [0.3, 0.4) is 0 Å². The zero-order chi connectivity index (χ0) is 20.9. The minimum absolute atomic E-state index is 0.158. The lowest BCUT2D eigenvalue weighted by Crippen LogP contribution is -2.30. The summed E-state index contributed by atoms with van der Waals surface area (Å²) in [6.45, 7) is 1.19.